The third-order valence-corrected chi connectivity index (χ3v) is 1.61. The largest absolute Gasteiger partial charge is 0.348 e. The SMILES string of the molecule is CN(C)C(=O)C(C)(C)C(=O)NO. The predicted octanol–water partition coefficient (Wildman–Crippen LogP) is -0.394. The number of amides is 2. The van der Waals surface area contributed by atoms with Gasteiger partial charge >= 0.3 is 0 Å². The first-order chi connectivity index (χ1) is 5.34. The van der Waals surface area contributed by atoms with E-state index in [9.17, 15) is 9.59 Å². The van der Waals surface area contributed by atoms with Crippen molar-refractivity contribution >= 4 is 11.8 Å². The number of hydrogen-bond acceptors (Lipinski definition) is 3. The number of hydroxylamine groups is 1. The molecule has 0 saturated carbocycles. The van der Waals surface area contributed by atoms with Crippen LogP contribution in [0.15, 0.2) is 0 Å². The zero-order chi connectivity index (χ0) is 9.94. The summed E-state index contributed by atoms with van der Waals surface area (Å²) in [6.45, 7) is 2.89. The lowest BCUT2D eigenvalue weighted by Crippen LogP contribution is -2.46. The summed E-state index contributed by atoms with van der Waals surface area (Å²) in [4.78, 5) is 23.6. The molecule has 0 saturated heterocycles. The third kappa shape index (κ3) is 1.94. The lowest BCUT2D eigenvalue weighted by molar-refractivity contribution is -0.151. The molecule has 5 heteroatoms. The summed E-state index contributed by atoms with van der Waals surface area (Å²) in [6.07, 6.45) is 0. The summed E-state index contributed by atoms with van der Waals surface area (Å²) in [5, 5.41) is 8.33. The van der Waals surface area contributed by atoms with Crippen molar-refractivity contribution in [3.63, 3.8) is 0 Å². The fourth-order valence-electron chi connectivity index (χ4n) is 0.796. The summed E-state index contributed by atoms with van der Waals surface area (Å²) in [7, 11) is 3.10. The van der Waals surface area contributed by atoms with E-state index in [0.29, 0.717) is 0 Å². The molecule has 0 aromatic heterocycles. The molecule has 5 nitrogen and oxygen atoms in total. The minimum Gasteiger partial charge on any atom is -0.348 e. The average molecular weight is 174 g/mol. The molecule has 0 unspecified atom stereocenters. The van der Waals surface area contributed by atoms with Crippen molar-refractivity contribution < 1.29 is 14.8 Å². The van der Waals surface area contributed by atoms with Gasteiger partial charge in [0.25, 0.3) is 5.91 Å². The van der Waals surface area contributed by atoms with E-state index in [1.165, 1.54) is 24.2 Å². The zero-order valence-electron chi connectivity index (χ0n) is 7.71. The Bertz CT molecular complexity index is 199. The van der Waals surface area contributed by atoms with Gasteiger partial charge in [0.15, 0.2) is 0 Å². The van der Waals surface area contributed by atoms with Crippen molar-refractivity contribution in [1.29, 1.82) is 0 Å². The Morgan fingerprint density at radius 2 is 1.75 bits per heavy atom. The highest BCUT2D eigenvalue weighted by Gasteiger charge is 2.36. The lowest BCUT2D eigenvalue weighted by atomic mass is 9.91. The minimum absolute atomic E-state index is 0.353. The van der Waals surface area contributed by atoms with Gasteiger partial charge in [-0.05, 0) is 13.8 Å². The van der Waals surface area contributed by atoms with Gasteiger partial charge in [-0.15, -0.1) is 0 Å². The zero-order valence-corrected chi connectivity index (χ0v) is 7.71. The van der Waals surface area contributed by atoms with Crippen molar-refractivity contribution in [2.24, 2.45) is 5.41 Å². The van der Waals surface area contributed by atoms with Gasteiger partial charge in [-0.3, -0.25) is 14.8 Å². The average Bonchev–Trinajstić information content (AvgIpc) is 2.01. The molecule has 0 rings (SSSR count). The van der Waals surface area contributed by atoms with E-state index in [1.807, 2.05) is 0 Å². The second kappa shape index (κ2) is 3.53. The van der Waals surface area contributed by atoms with Gasteiger partial charge < -0.3 is 4.90 Å². The molecule has 0 radical (unpaired) electrons. The number of nitrogens with zero attached hydrogens (tertiary/aromatic N) is 1. The Morgan fingerprint density at radius 1 is 1.33 bits per heavy atom. The number of carbonyl (C=O) groups excluding carboxylic acids is 2. The van der Waals surface area contributed by atoms with Gasteiger partial charge in [-0.2, -0.15) is 0 Å². The molecule has 2 N–H and O–H groups in total. The first-order valence-electron chi connectivity index (χ1n) is 3.50. The maximum absolute atomic E-state index is 11.3. The molecule has 0 aliphatic carbocycles. The molecule has 0 aliphatic heterocycles. The topological polar surface area (TPSA) is 69.6 Å². The number of nitrogens with one attached hydrogen (secondary N) is 1. The van der Waals surface area contributed by atoms with E-state index in [2.05, 4.69) is 0 Å². The van der Waals surface area contributed by atoms with Gasteiger partial charge in [0.1, 0.15) is 5.41 Å². The van der Waals surface area contributed by atoms with Crippen LogP contribution in [0.3, 0.4) is 0 Å². The minimum atomic E-state index is -1.22. The maximum atomic E-state index is 11.3. The van der Waals surface area contributed by atoms with Crippen molar-refractivity contribution in [2.45, 2.75) is 13.8 Å². The van der Waals surface area contributed by atoms with Crippen LogP contribution >= 0.6 is 0 Å². The van der Waals surface area contributed by atoms with Crippen LogP contribution in [-0.2, 0) is 9.59 Å². The van der Waals surface area contributed by atoms with E-state index >= 15 is 0 Å². The van der Waals surface area contributed by atoms with E-state index in [1.54, 1.807) is 14.1 Å². The molecule has 70 valence electrons. The summed E-state index contributed by atoms with van der Waals surface area (Å²) in [5.74, 6) is -1.06. The Kier molecular flexibility index (Phi) is 3.21. The molecule has 2 amide bonds. The van der Waals surface area contributed by atoms with Crippen molar-refractivity contribution in [3.05, 3.63) is 0 Å². The highest BCUT2D eigenvalue weighted by atomic mass is 16.5. The van der Waals surface area contributed by atoms with Crippen LogP contribution in [-0.4, -0.2) is 36.0 Å². The molecule has 12 heavy (non-hydrogen) atoms. The molecule has 0 atom stereocenters. The predicted molar refractivity (Wildman–Crippen MR) is 42.4 cm³/mol. The molecule has 0 fully saturated rings. The summed E-state index contributed by atoms with van der Waals surface area (Å²) < 4.78 is 0. The summed E-state index contributed by atoms with van der Waals surface area (Å²) in [5.41, 5.74) is 0.231. The maximum Gasteiger partial charge on any atom is 0.258 e. The molecule has 0 bridgehead atoms. The fraction of sp³-hybridized carbons (Fsp3) is 0.714. The molecular weight excluding hydrogens is 160 g/mol. The van der Waals surface area contributed by atoms with Crippen molar-refractivity contribution in [1.82, 2.24) is 10.4 Å². The van der Waals surface area contributed by atoms with Crippen LogP contribution in [0.25, 0.3) is 0 Å². The van der Waals surface area contributed by atoms with Gasteiger partial charge in [0.05, 0.1) is 0 Å². The number of rotatable bonds is 2. The fourth-order valence-corrected chi connectivity index (χ4v) is 0.796. The van der Waals surface area contributed by atoms with Crippen LogP contribution in [0.4, 0.5) is 0 Å². The quantitative estimate of drug-likeness (QED) is 0.340. The van der Waals surface area contributed by atoms with Gasteiger partial charge in [0, 0.05) is 14.1 Å². The van der Waals surface area contributed by atoms with E-state index in [0.717, 1.165) is 0 Å². The van der Waals surface area contributed by atoms with Gasteiger partial charge in [-0.25, -0.2) is 5.48 Å². The smallest absolute Gasteiger partial charge is 0.258 e. The first kappa shape index (κ1) is 10.9. The lowest BCUT2D eigenvalue weighted by Gasteiger charge is -2.24. The van der Waals surface area contributed by atoms with Crippen LogP contribution < -0.4 is 5.48 Å². The second-order valence-electron chi connectivity index (χ2n) is 3.27. The van der Waals surface area contributed by atoms with E-state index in [-0.39, 0.29) is 5.91 Å². The van der Waals surface area contributed by atoms with Gasteiger partial charge in [-0.1, -0.05) is 0 Å². The molecule has 0 aromatic carbocycles. The Hall–Kier alpha value is -1.10. The summed E-state index contributed by atoms with van der Waals surface area (Å²) in [6, 6.07) is 0. The third-order valence-electron chi connectivity index (χ3n) is 1.61. The molecule has 0 heterocycles. The highest BCUT2D eigenvalue weighted by molar-refractivity contribution is 6.03. The monoisotopic (exact) mass is 174 g/mol. The van der Waals surface area contributed by atoms with Crippen LogP contribution in [0.2, 0.25) is 0 Å². The van der Waals surface area contributed by atoms with Gasteiger partial charge in [0.2, 0.25) is 5.91 Å². The van der Waals surface area contributed by atoms with Crippen LogP contribution in [0, 0.1) is 5.41 Å². The number of carbonyl (C=O) groups is 2. The van der Waals surface area contributed by atoms with E-state index in [4.69, 9.17) is 5.21 Å². The van der Waals surface area contributed by atoms with Crippen LogP contribution in [0.1, 0.15) is 13.8 Å². The Morgan fingerprint density at radius 3 is 2.00 bits per heavy atom. The normalized spacial score (nSPS) is 10.8. The number of hydrogen-bond donors (Lipinski definition) is 2. The molecular formula is C7H14N2O3. The molecule has 0 spiro atoms. The van der Waals surface area contributed by atoms with Crippen molar-refractivity contribution in [3.8, 4) is 0 Å². The second-order valence-corrected chi connectivity index (χ2v) is 3.27. The summed E-state index contributed by atoms with van der Waals surface area (Å²) >= 11 is 0. The van der Waals surface area contributed by atoms with Crippen molar-refractivity contribution in [2.75, 3.05) is 14.1 Å². The van der Waals surface area contributed by atoms with Crippen LogP contribution in [0.5, 0.6) is 0 Å². The molecule has 0 aromatic rings. The highest BCUT2D eigenvalue weighted by Crippen LogP contribution is 2.17. The molecule has 0 aliphatic rings. The Balaban J connectivity index is 4.61. The Labute approximate surface area is 71.3 Å². The standard InChI is InChI=1S/C7H14N2O3/c1-7(2,5(10)8-12)6(11)9(3)4/h12H,1-4H3,(H,8,10). The first-order valence-corrected chi connectivity index (χ1v) is 3.50. The van der Waals surface area contributed by atoms with E-state index < -0.39 is 11.3 Å².